The number of nitrogen functional groups attached to an aromatic ring is 1. The number of thiocarbonyl (C=S) groups is 3. The lowest BCUT2D eigenvalue weighted by molar-refractivity contribution is -0.156. The third-order valence-electron chi connectivity index (χ3n) is 22.4. The number of alkyl halides is 21. The molecule has 0 radical (unpaired) electrons. The van der Waals surface area contributed by atoms with Gasteiger partial charge in [0.25, 0.3) is 0 Å². The Labute approximate surface area is 900 Å². The second kappa shape index (κ2) is 68.1. The molecule has 22 nitrogen and oxygen atoms in total. The monoisotopic (exact) mass is 2280 g/mol. The minimum atomic E-state index is -4.64. The van der Waals surface area contributed by atoms with Gasteiger partial charge < -0.3 is 42.1 Å². The summed E-state index contributed by atoms with van der Waals surface area (Å²) in [5.74, 6) is 2.11. The molecule has 11 aromatic rings. The highest BCUT2D eigenvalue weighted by molar-refractivity contribution is 9.08. The second-order valence-corrected chi connectivity index (χ2v) is 37.1. The molecule has 5 aromatic carbocycles. The number of nitrogens with zero attached hydrogens (tertiary/aromatic N) is 15. The average Bonchev–Trinajstić information content (AvgIpc) is 1.22. The molecule has 5 aliphatic rings. The van der Waals surface area contributed by atoms with Gasteiger partial charge in [0.05, 0.1) is 33.2 Å². The highest BCUT2D eigenvalue weighted by Crippen LogP contribution is 2.35. The van der Waals surface area contributed by atoms with E-state index >= 15 is 0 Å². The molecule has 150 heavy (non-hydrogen) atoms. The van der Waals surface area contributed by atoms with Crippen molar-refractivity contribution < 1.29 is 83.8 Å². The quantitative estimate of drug-likeness (QED) is 0.0258. The topological polar surface area (TPSA) is 215 Å². The number of hydrogen-bond donors (Lipinski definition) is 6. The molecule has 0 atom stereocenters. The van der Waals surface area contributed by atoms with Gasteiger partial charge in [0.2, 0.25) is 6.29 Å². The van der Waals surface area contributed by atoms with Crippen LogP contribution in [0.15, 0.2) is 214 Å². The fourth-order valence-electron chi connectivity index (χ4n) is 14.8. The largest absolute Gasteiger partial charge is 0.446 e. The van der Waals surface area contributed by atoms with Crippen LogP contribution in [0.5, 0.6) is 0 Å². The van der Waals surface area contributed by atoms with Crippen molar-refractivity contribution in [3.8, 4) is 0 Å². The summed E-state index contributed by atoms with van der Waals surface area (Å²) in [6, 6.07) is 38.6. The molecule has 0 spiro atoms. The van der Waals surface area contributed by atoms with Crippen molar-refractivity contribution in [3.63, 3.8) is 0 Å². The van der Waals surface area contributed by atoms with E-state index in [1.165, 1.54) is 101 Å². The first-order valence-corrected chi connectivity index (χ1v) is 51.6. The van der Waals surface area contributed by atoms with Crippen LogP contribution in [0.1, 0.15) is 149 Å². The molecule has 0 bridgehead atoms. The van der Waals surface area contributed by atoms with Crippen molar-refractivity contribution in [2.24, 2.45) is 0 Å². The molecule has 7 N–H and O–H groups in total. The number of halogens is 21. The van der Waals surface area contributed by atoms with Crippen LogP contribution in [0.4, 0.5) is 96.5 Å². The van der Waals surface area contributed by atoms with E-state index in [0.717, 1.165) is 227 Å². The van der Waals surface area contributed by atoms with E-state index in [0.29, 0.717) is 33.0 Å². The van der Waals surface area contributed by atoms with Crippen LogP contribution in [0.3, 0.4) is 0 Å². The molecule has 5 aliphatic heterocycles. The summed E-state index contributed by atoms with van der Waals surface area (Å²) < 4.78 is 222. The van der Waals surface area contributed by atoms with Crippen LogP contribution < -0.4 is 32.3 Å². The number of aldehydes is 1. The fourth-order valence-corrected chi connectivity index (χ4v) is 15.8. The molecular weight excluding hydrogens is 2150 g/mol. The molecule has 0 amide bonds. The van der Waals surface area contributed by atoms with Crippen LogP contribution >= 0.6 is 75.8 Å². The number of piperazine rings is 3. The molecule has 0 unspecified atom stereocenters. The van der Waals surface area contributed by atoms with E-state index in [9.17, 15) is 79.0 Å². The molecule has 5 fully saturated rings. The summed E-state index contributed by atoms with van der Waals surface area (Å²) in [6.45, 7) is 40.1. The van der Waals surface area contributed by atoms with E-state index in [-0.39, 0.29) is 5.34 Å². The van der Waals surface area contributed by atoms with Crippen LogP contribution in [0.25, 0.3) is 0 Å². The number of carbonyl (C=O) groups is 1. The van der Waals surface area contributed by atoms with E-state index in [1.54, 1.807) is 118 Å². The molecule has 0 saturated carbocycles. The van der Waals surface area contributed by atoms with Gasteiger partial charge in [-0.1, -0.05) is 110 Å². The van der Waals surface area contributed by atoms with E-state index in [2.05, 4.69) is 123 Å². The number of hydrogen-bond acceptors (Lipinski definition) is 19. The first-order valence-electron chi connectivity index (χ1n) is 48.2. The van der Waals surface area contributed by atoms with Gasteiger partial charge in [-0.25, -0.2) is 29.9 Å². The van der Waals surface area contributed by atoms with Crippen LogP contribution in [0.2, 0.25) is 0 Å². The third-order valence-corrected chi connectivity index (χ3v) is 24.1. The molecule has 5 saturated heterocycles. The smallest absolute Gasteiger partial charge is 0.384 e. The van der Waals surface area contributed by atoms with Crippen LogP contribution in [-0.2, 0) is 67.2 Å². The summed E-state index contributed by atoms with van der Waals surface area (Å²) in [6.07, 6.45) is -3.68. The summed E-state index contributed by atoms with van der Waals surface area (Å²) in [7, 11) is 0. The van der Waals surface area contributed by atoms with Crippen molar-refractivity contribution in [3.05, 3.63) is 303 Å². The van der Waals surface area contributed by atoms with Crippen molar-refractivity contribution >= 4 is 115 Å². The maximum absolute atomic E-state index is 12.7. The minimum absolute atomic E-state index is 0.194. The summed E-state index contributed by atoms with van der Waals surface area (Å²) in [5.41, 5.74) is 13.4. The summed E-state index contributed by atoms with van der Waals surface area (Å²) in [5, 5.41) is 18.7. The predicted octanol–water partition coefficient (Wildman–Crippen LogP) is 24.2. The van der Waals surface area contributed by atoms with Gasteiger partial charge in [0, 0.05) is 164 Å². The highest BCUT2D eigenvalue weighted by Gasteiger charge is 2.35. The Morgan fingerprint density at radius 2 is 0.667 bits per heavy atom. The number of pyridine rings is 3. The van der Waals surface area contributed by atoms with E-state index in [4.69, 9.17) is 70.4 Å². The standard InChI is InChI=1S/C20H23F3N4S.C13H16F3N.2C12H15F3N2.C11H12N4S.C8H6BrF3.C7H6N4S.C7H10N2.C6H15N.C5H11N.C2HF3O.CH2Cl2/c1-14-11-15(2)24-18(12-14)25-19(28)27-9-7-26(8-10-27)13-16-3-5-17(6-4-16)20(21,22)23;14-13(15,16)12-6-4-11(5-7-12)10-17-8-2-1-3-9-17;2*13-12(14,15)11-3-1-10(2-4-11)9-17-7-5-16-6-8-17;1-8-5-9(2)13-10(6-8)14-11(16)15-4-3-12-7-15;9-5-6-1-3-7(4-2-6)8(10,11)12;12-7(10-3-1-8-5-10)11-4-2-9-6-11;1-5-3-6(2)9-7(8)4-5;1-4-7(5-2)6-3;1-2-4-6-5-3-1;3-2(4,5)1-6;2-1-3/h3-6,11-12H,7-10,13H2,1-2H3,(H,24,25,28);4-7H,1-3,8-10H2;2*1-4,16H,5-9H2;3-7H,1-2H3,(H,13,14,16);1-4H,5H2;1-6H;3-4H,1-2H3,(H2,8,9);4-6H2,1-3H3;6H,1-5H2;1H;1H2. The molecule has 6 aromatic heterocycles. The lowest BCUT2D eigenvalue weighted by Crippen LogP contribution is -2.49. The number of carbonyl (C=O) groups excluding carboxylic acids is 1. The Hall–Kier alpha value is -10.2. The Morgan fingerprint density at radius 3 is 0.920 bits per heavy atom. The Bertz CT molecular complexity index is 5260. The number of aromatic nitrogens is 9. The summed E-state index contributed by atoms with van der Waals surface area (Å²) >= 11 is 28.5. The van der Waals surface area contributed by atoms with Gasteiger partial charge in [-0.15, -0.1) is 23.2 Å². The van der Waals surface area contributed by atoms with Crippen molar-refractivity contribution in [1.29, 1.82) is 0 Å². The molecule has 824 valence electrons. The first-order chi connectivity index (χ1) is 70.9. The van der Waals surface area contributed by atoms with Crippen LogP contribution in [0, 0.1) is 41.5 Å². The SMILES string of the molecule is C1CCNCC1.CCN(CC)CC.Cc1cc(C)nc(N)c1.Cc1cc(C)nc(NC(=S)N2CCN(Cc3ccc(C(F)(F)F)cc3)CC2)c1.Cc1cc(C)nc(NC(=S)n2ccnc2)c1.ClCCl.FC(F)(F)c1ccc(CBr)cc1.FC(F)(F)c1ccc(CN2CCCCC2)cc1.FC(F)(F)c1ccc(CN2CCNCC2)cc1.FC(F)(F)c1ccc(CN2CCNCC2)cc1.O=CC(F)(F)F.S=C(n1ccnc1)n1ccnc1. The molecule has 46 heteroatoms. The highest BCUT2D eigenvalue weighted by atomic mass is 79.9. The molecule has 11 heterocycles. The second-order valence-electron chi connectivity index (χ2n) is 34.6. The molecular formula is C104H132BrCl2F18N21OS3. The number of benzene rings is 5. The average molecular weight is 2280 g/mol. The van der Waals surface area contributed by atoms with Crippen molar-refractivity contribution in [1.82, 2.24) is 89.0 Å². The van der Waals surface area contributed by atoms with E-state index in [1.807, 2.05) is 77.9 Å². The van der Waals surface area contributed by atoms with E-state index < -0.39 is 71.2 Å². The molecule has 0 aliphatic carbocycles. The van der Waals surface area contributed by atoms with Gasteiger partial charge in [0.1, 0.15) is 36.4 Å². The Kier molecular flexibility index (Phi) is 59.1. The number of piperidine rings is 2. The third kappa shape index (κ3) is 54.4. The Morgan fingerprint density at radius 1 is 0.387 bits per heavy atom. The van der Waals surface area contributed by atoms with Gasteiger partial charge in [0.15, 0.2) is 15.3 Å². The maximum atomic E-state index is 12.7. The van der Waals surface area contributed by atoms with Gasteiger partial charge in [-0.3, -0.25) is 38.1 Å². The van der Waals surface area contributed by atoms with Crippen molar-refractivity contribution in [2.45, 2.75) is 169 Å². The number of likely N-dealkylation sites (tertiary alicyclic amines) is 1. The lowest BCUT2D eigenvalue weighted by atomic mass is 10.1. The fraction of sp³-hybridized carbons (Fsp3) is 0.442. The number of nitrogens with two attached hydrogens (primary N) is 1. The number of aryl methyl sites for hydroxylation is 6. The number of anilines is 3. The normalized spacial score (nSPS) is 14.5. The van der Waals surface area contributed by atoms with Gasteiger partial charge >= 0.3 is 37.1 Å². The zero-order valence-electron chi connectivity index (χ0n) is 85.1. The summed E-state index contributed by atoms with van der Waals surface area (Å²) in [4.78, 5) is 46.7. The zero-order chi connectivity index (χ0) is 111. The number of imidazole rings is 3. The lowest BCUT2D eigenvalue weighted by Gasteiger charge is -2.36. The van der Waals surface area contributed by atoms with Gasteiger partial charge in [-0.05, 0) is 291 Å². The number of nitrogens with one attached hydrogen (secondary N) is 5. The van der Waals surface area contributed by atoms with Crippen LogP contribution in [-0.4, -0.2) is 230 Å². The first kappa shape index (κ1) is 130. The minimum Gasteiger partial charge on any atom is -0.384 e. The number of rotatable bonds is 14. The zero-order valence-corrected chi connectivity index (χ0v) is 90.6. The predicted molar refractivity (Wildman–Crippen MR) is 574 cm³/mol. The molecule has 16 rings (SSSR count). The van der Waals surface area contributed by atoms with Gasteiger partial charge in [-0.2, -0.15) is 79.0 Å². The maximum Gasteiger partial charge on any atom is 0.446 e. The Balaban J connectivity index is 0.000000297. The van der Waals surface area contributed by atoms with Crippen molar-refractivity contribution in [2.75, 3.05) is 146 Å².